The molecule has 158 valence electrons. The maximum Gasteiger partial charge on any atom is 0.119 e. The molecule has 1 aliphatic heterocycles. The molecule has 3 rings (SSSR count). The molecule has 3 heteroatoms. The van der Waals surface area contributed by atoms with E-state index < -0.39 is 0 Å². The molecule has 0 saturated carbocycles. The second kappa shape index (κ2) is 11.9. The molecule has 1 heterocycles. The van der Waals surface area contributed by atoms with Crippen LogP contribution in [-0.2, 0) is 4.74 Å². The number of rotatable bonds is 14. The van der Waals surface area contributed by atoms with Gasteiger partial charge in [-0.3, -0.25) is 0 Å². The first-order valence-corrected chi connectivity index (χ1v) is 11.4. The molecule has 0 aliphatic carbocycles. The summed E-state index contributed by atoms with van der Waals surface area (Å²) in [6.45, 7) is 6.05. The van der Waals surface area contributed by atoms with Crippen molar-refractivity contribution in [3.8, 4) is 11.5 Å². The van der Waals surface area contributed by atoms with Gasteiger partial charge in [0.25, 0.3) is 0 Å². The van der Waals surface area contributed by atoms with Gasteiger partial charge in [0.2, 0.25) is 0 Å². The first-order chi connectivity index (χ1) is 14.3. The van der Waals surface area contributed by atoms with E-state index in [0.29, 0.717) is 0 Å². The fraction of sp³-hybridized carbons (Fsp3) is 0.538. The lowest BCUT2D eigenvalue weighted by Gasteiger charge is -2.07. The van der Waals surface area contributed by atoms with Gasteiger partial charge in [-0.1, -0.05) is 76.6 Å². The van der Waals surface area contributed by atoms with Gasteiger partial charge < -0.3 is 14.2 Å². The molecule has 2 aromatic carbocycles. The molecule has 0 radical (unpaired) electrons. The average molecular weight is 397 g/mol. The highest BCUT2D eigenvalue weighted by atomic mass is 16.6. The van der Waals surface area contributed by atoms with E-state index in [4.69, 9.17) is 14.2 Å². The summed E-state index contributed by atoms with van der Waals surface area (Å²) in [5.74, 6) is 1.89. The third-order valence-electron chi connectivity index (χ3n) is 5.44. The highest BCUT2D eigenvalue weighted by Gasteiger charge is 2.41. The molecule has 2 atom stereocenters. The summed E-state index contributed by atoms with van der Waals surface area (Å²) in [5, 5.41) is 0. The van der Waals surface area contributed by atoms with Gasteiger partial charge >= 0.3 is 0 Å². The zero-order valence-electron chi connectivity index (χ0n) is 18.1. The quantitative estimate of drug-likeness (QED) is 0.246. The monoisotopic (exact) mass is 396 g/mol. The Morgan fingerprint density at radius 1 is 0.586 bits per heavy atom. The lowest BCUT2D eigenvalue weighted by Crippen LogP contribution is -1.97. The van der Waals surface area contributed by atoms with Crippen LogP contribution in [0.4, 0.5) is 0 Å². The van der Waals surface area contributed by atoms with Crippen LogP contribution in [0.15, 0.2) is 48.5 Å². The zero-order valence-corrected chi connectivity index (χ0v) is 18.1. The number of ether oxygens (including phenoxy) is 3. The van der Waals surface area contributed by atoms with Gasteiger partial charge in [0.1, 0.15) is 23.7 Å². The number of benzene rings is 2. The van der Waals surface area contributed by atoms with E-state index in [-0.39, 0.29) is 12.2 Å². The molecule has 1 saturated heterocycles. The van der Waals surface area contributed by atoms with E-state index in [0.717, 1.165) is 37.6 Å². The van der Waals surface area contributed by atoms with Crippen LogP contribution in [0.5, 0.6) is 11.5 Å². The molecular weight excluding hydrogens is 360 g/mol. The number of hydrogen-bond donors (Lipinski definition) is 0. The van der Waals surface area contributed by atoms with Crippen LogP contribution in [0.2, 0.25) is 0 Å². The Bertz CT molecular complexity index is 631. The van der Waals surface area contributed by atoms with Crippen LogP contribution in [0, 0.1) is 0 Å². The number of unbranched alkanes of at least 4 members (excludes halogenated alkanes) is 6. The van der Waals surface area contributed by atoms with Crippen molar-refractivity contribution >= 4 is 0 Å². The van der Waals surface area contributed by atoms with Crippen LogP contribution in [0.25, 0.3) is 0 Å². The fourth-order valence-electron chi connectivity index (χ4n) is 3.56. The molecule has 29 heavy (non-hydrogen) atoms. The first-order valence-electron chi connectivity index (χ1n) is 11.4. The van der Waals surface area contributed by atoms with Gasteiger partial charge in [-0.15, -0.1) is 0 Å². The number of hydrogen-bond acceptors (Lipinski definition) is 3. The van der Waals surface area contributed by atoms with E-state index in [1.807, 2.05) is 0 Å². The topological polar surface area (TPSA) is 31.0 Å². The summed E-state index contributed by atoms with van der Waals surface area (Å²) >= 11 is 0. The van der Waals surface area contributed by atoms with Crippen LogP contribution >= 0.6 is 0 Å². The predicted octanol–water partition coefficient (Wildman–Crippen LogP) is 7.42. The van der Waals surface area contributed by atoms with Crippen LogP contribution in [-0.4, -0.2) is 13.2 Å². The molecule has 0 aromatic heterocycles. The van der Waals surface area contributed by atoms with E-state index in [1.165, 1.54) is 49.7 Å². The summed E-state index contributed by atoms with van der Waals surface area (Å²) in [7, 11) is 0. The van der Waals surface area contributed by atoms with Crippen molar-refractivity contribution in [2.45, 2.75) is 77.4 Å². The lowest BCUT2D eigenvalue weighted by molar-refractivity contribution is 0.305. The summed E-state index contributed by atoms with van der Waals surface area (Å²) in [6.07, 6.45) is 10.1. The van der Waals surface area contributed by atoms with Crippen molar-refractivity contribution in [3.63, 3.8) is 0 Å². The molecule has 1 fully saturated rings. The van der Waals surface area contributed by atoms with Gasteiger partial charge in [0.15, 0.2) is 0 Å². The Kier molecular flexibility index (Phi) is 8.88. The summed E-state index contributed by atoms with van der Waals surface area (Å²) < 4.78 is 17.6. The third-order valence-corrected chi connectivity index (χ3v) is 5.44. The second-order valence-electron chi connectivity index (χ2n) is 7.93. The standard InChI is InChI=1S/C26H36O3/c1-3-5-7-9-19-27-23-15-11-21(12-16-23)25-26(29-25)22-13-17-24(18-14-22)28-20-10-8-6-4-2/h11-18,25-26H,3-10,19-20H2,1-2H3. The second-order valence-corrected chi connectivity index (χ2v) is 7.93. The predicted molar refractivity (Wildman–Crippen MR) is 119 cm³/mol. The Labute approximate surface area is 176 Å². The first kappa shape index (κ1) is 21.7. The van der Waals surface area contributed by atoms with Crippen molar-refractivity contribution in [1.82, 2.24) is 0 Å². The molecular formula is C26H36O3. The third kappa shape index (κ3) is 7.08. The zero-order chi connectivity index (χ0) is 20.3. The minimum atomic E-state index is 0.148. The summed E-state index contributed by atoms with van der Waals surface area (Å²) in [6, 6.07) is 16.7. The van der Waals surface area contributed by atoms with Crippen LogP contribution in [0.3, 0.4) is 0 Å². The van der Waals surface area contributed by atoms with E-state index >= 15 is 0 Å². The average Bonchev–Trinajstić information content (AvgIpc) is 3.55. The van der Waals surface area contributed by atoms with E-state index in [2.05, 4.69) is 62.4 Å². The Hall–Kier alpha value is -2.00. The number of epoxide rings is 1. The minimum absolute atomic E-state index is 0.148. The largest absolute Gasteiger partial charge is 0.494 e. The molecule has 0 bridgehead atoms. The minimum Gasteiger partial charge on any atom is -0.494 e. The van der Waals surface area contributed by atoms with Crippen LogP contribution in [0.1, 0.15) is 88.5 Å². The maximum absolute atomic E-state index is 5.94. The van der Waals surface area contributed by atoms with E-state index in [1.54, 1.807) is 0 Å². The lowest BCUT2D eigenvalue weighted by atomic mass is 10.0. The Morgan fingerprint density at radius 2 is 1.00 bits per heavy atom. The Balaban J connectivity index is 1.41. The van der Waals surface area contributed by atoms with Gasteiger partial charge in [0.05, 0.1) is 13.2 Å². The van der Waals surface area contributed by atoms with Crippen molar-refractivity contribution in [1.29, 1.82) is 0 Å². The molecule has 3 nitrogen and oxygen atoms in total. The van der Waals surface area contributed by atoms with Gasteiger partial charge in [0, 0.05) is 0 Å². The van der Waals surface area contributed by atoms with Gasteiger partial charge in [-0.05, 0) is 48.2 Å². The van der Waals surface area contributed by atoms with Crippen molar-refractivity contribution in [3.05, 3.63) is 59.7 Å². The smallest absolute Gasteiger partial charge is 0.119 e. The fourth-order valence-corrected chi connectivity index (χ4v) is 3.56. The van der Waals surface area contributed by atoms with Gasteiger partial charge in [-0.25, -0.2) is 0 Å². The summed E-state index contributed by atoms with van der Waals surface area (Å²) in [4.78, 5) is 0. The van der Waals surface area contributed by atoms with Crippen molar-refractivity contribution in [2.24, 2.45) is 0 Å². The molecule has 1 aliphatic rings. The molecule has 0 amide bonds. The Morgan fingerprint density at radius 3 is 1.38 bits per heavy atom. The molecule has 0 spiro atoms. The maximum atomic E-state index is 5.94. The highest BCUT2D eigenvalue weighted by molar-refractivity contribution is 5.36. The van der Waals surface area contributed by atoms with Crippen molar-refractivity contribution < 1.29 is 14.2 Å². The summed E-state index contributed by atoms with van der Waals surface area (Å²) in [5.41, 5.74) is 2.43. The van der Waals surface area contributed by atoms with Crippen LogP contribution < -0.4 is 9.47 Å². The van der Waals surface area contributed by atoms with Crippen molar-refractivity contribution in [2.75, 3.05) is 13.2 Å². The highest BCUT2D eigenvalue weighted by Crippen LogP contribution is 2.51. The van der Waals surface area contributed by atoms with E-state index in [9.17, 15) is 0 Å². The molecule has 2 unspecified atom stereocenters. The normalized spacial score (nSPS) is 17.9. The van der Waals surface area contributed by atoms with Gasteiger partial charge in [-0.2, -0.15) is 0 Å². The molecule has 2 aromatic rings. The molecule has 0 N–H and O–H groups in total. The SMILES string of the molecule is CCCCCCOc1ccc(C2OC2c2ccc(OCCCCCC)cc2)cc1.